The Morgan fingerprint density at radius 3 is 2.73 bits per heavy atom. The van der Waals surface area contributed by atoms with Crippen molar-refractivity contribution >= 4 is 23.2 Å². The van der Waals surface area contributed by atoms with Crippen LogP contribution in [0.2, 0.25) is 0 Å². The Morgan fingerprint density at radius 2 is 2.00 bits per heavy atom. The molecule has 1 nitrogen and oxygen atoms in total. The summed E-state index contributed by atoms with van der Waals surface area (Å²) in [5.74, 6) is 0. The zero-order chi connectivity index (χ0) is 10.5. The first-order valence-corrected chi connectivity index (χ1v) is 5.25. The molecule has 0 fully saturated rings. The highest BCUT2D eigenvalue weighted by Crippen LogP contribution is 2.13. The number of rotatable bonds is 2. The van der Waals surface area contributed by atoms with Crippen molar-refractivity contribution in [3.05, 3.63) is 60.0 Å². The summed E-state index contributed by atoms with van der Waals surface area (Å²) in [7, 11) is 0. The molecule has 2 heteroatoms. The predicted octanol–water partition coefficient (Wildman–Crippen LogP) is 3.35. The quantitative estimate of drug-likeness (QED) is 0.699. The second-order valence-electron chi connectivity index (χ2n) is 3.29. The van der Waals surface area contributed by atoms with E-state index in [4.69, 9.17) is 12.2 Å². The molecule has 1 aliphatic carbocycles. The smallest absolute Gasteiger partial charge is 0.0273 e. The lowest BCUT2D eigenvalue weighted by Gasteiger charge is -2.05. The lowest BCUT2D eigenvalue weighted by atomic mass is 10.0. The average molecular weight is 213 g/mol. The minimum atomic E-state index is 0.877. The molecule has 1 aromatic rings. The SMILES string of the molecule is S=C1CC=CC=C1/C=C/c1ccncc1. The van der Waals surface area contributed by atoms with Crippen molar-refractivity contribution in [2.24, 2.45) is 0 Å². The summed E-state index contributed by atoms with van der Waals surface area (Å²) in [6.07, 6.45) is 14.7. The van der Waals surface area contributed by atoms with E-state index in [2.05, 4.69) is 23.2 Å². The van der Waals surface area contributed by atoms with Gasteiger partial charge in [0.2, 0.25) is 0 Å². The number of pyridine rings is 1. The van der Waals surface area contributed by atoms with Crippen LogP contribution < -0.4 is 0 Å². The molecule has 0 atom stereocenters. The summed E-state index contributed by atoms with van der Waals surface area (Å²) in [5.41, 5.74) is 2.27. The number of nitrogens with zero attached hydrogens (tertiary/aromatic N) is 1. The minimum absolute atomic E-state index is 0.877. The number of aromatic nitrogens is 1. The first-order valence-electron chi connectivity index (χ1n) is 4.84. The van der Waals surface area contributed by atoms with Crippen molar-refractivity contribution in [1.82, 2.24) is 4.98 Å². The Kier molecular flexibility index (Phi) is 3.20. The molecule has 1 aromatic heterocycles. The van der Waals surface area contributed by atoms with Crippen LogP contribution in [0.15, 0.2) is 54.4 Å². The van der Waals surface area contributed by atoms with Crippen LogP contribution in [0.5, 0.6) is 0 Å². The Bertz CT molecular complexity index is 441. The molecule has 0 radical (unpaired) electrons. The number of thiocarbonyl (C=S) groups is 1. The maximum absolute atomic E-state index is 5.26. The Hall–Kier alpha value is -1.54. The van der Waals surface area contributed by atoms with Gasteiger partial charge in [-0.05, 0) is 23.3 Å². The van der Waals surface area contributed by atoms with Crippen LogP contribution in [0, 0.1) is 0 Å². The van der Waals surface area contributed by atoms with Crippen molar-refractivity contribution in [3.63, 3.8) is 0 Å². The molecule has 0 saturated heterocycles. The van der Waals surface area contributed by atoms with Crippen molar-refractivity contribution in [3.8, 4) is 0 Å². The molecule has 0 N–H and O–H groups in total. The highest BCUT2D eigenvalue weighted by Gasteiger charge is 2.01. The first kappa shape index (κ1) is 9.99. The van der Waals surface area contributed by atoms with Gasteiger partial charge < -0.3 is 0 Å². The van der Waals surface area contributed by atoms with Gasteiger partial charge in [-0.2, -0.15) is 0 Å². The van der Waals surface area contributed by atoms with Crippen LogP contribution in [-0.4, -0.2) is 9.85 Å². The van der Waals surface area contributed by atoms with Gasteiger partial charge in [0.05, 0.1) is 0 Å². The van der Waals surface area contributed by atoms with Gasteiger partial charge in [0.25, 0.3) is 0 Å². The molecule has 0 aromatic carbocycles. The molecule has 0 saturated carbocycles. The van der Waals surface area contributed by atoms with E-state index in [0.717, 1.165) is 22.4 Å². The molecule has 0 bridgehead atoms. The number of allylic oxidation sites excluding steroid dienone is 5. The maximum Gasteiger partial charge on any atom is 0.0273 e. The predicted molar refractivity (Wildman–Crippen MR) is 67.7 cm³/mol. The van der Waals surface area contributed by atoms with Crippen molar-refractivity contribution in [2.75, 3.05) is 0 Å². The summed E-state index contributed by atoms with van der Waals surface area (Å²) in [4.78, 5) is 4.97. The van der Waals surface area contributed by atoms with Crippen LogP contribution in [0.4, 0.5) is 0 Å². The Morgan fingerprint density at radius 1 is 1.20 bits per heavy atom. The van der Waals surface area contributed by atoms with E-state index in [-0.39, 0.29) is 0 Å². The summed E-state index contributed by atoms with van der Waals surface area (Å²) in [6.45, 7) is 0. The zero-order valence-corrected chi connectivity index (χ0v) is 9.08. The maximum atomic E-state index is 5.26. The average Bonchev–Trinajstić information content (AvgIpc) is 2.29. The normalized spacial score (nSPS) is 15.7. The molecular formula is C13H11NS. The second-order valence-corrected chi connectivity index (χ2v) is 3.78. The van der Waals surface area contributed by atoms with Crippen LogP contribution in [-0.2, 0) is 0 Å². The third-order valence-corrected chi connectivity index (χ3v) is 2.60. The molecular weight excluding hydrogens is 202 g/mol. The highest BCUT2D eigenvalue weighted by molar-refractivity contribution is 7.80. The molecule has 1 aliphatic rings. The van der Waals surface area contributed by atoms with Gasteiger partial charge >= 0.3 is 0 Å². The van der Waals surface area contributed by atoms with Crippen molar-refractivity contribution in [2.45, 2.75) is 6.42 Å². The van der Waals surface area contributed by atoms with Crippen LogP contribution in [0.3, 0.4) is 0 Å². The minimum Gasteiger partial charge on any atom is -0.265 e. The first-order chi connectivity index (χ1) is 7.36. The fourth-order valence-electron chi connectivity index (χ4n) is 1.37. The highest BCUT2D eigenvalue weighted by atomic mass is 32.1. The largest absolute Gasteiger partial charge is 0.265 e. The van der Waals surface area contributed by atoms with Crippen LogP contribution >= 0.6 is 12.2 Å². The molecule has 1 heterocycles. The molecule has 0 spiro atoms. The van der Waals surface area contributed by atoms with E-state index in [1.165, 1.54) is 0 Å². The standard InChI is InChI=1S/C13H11NS/c15-13-4-2-1-3-12(13)6-5-11-7-9-14-10-8-11/h1-3,5-10H,4H2/b6-5+. The van der Waals surface area contributed by atoms with E-state index in [9.17, 15) is 0 Å². The van der Waals surface area contributed by atoms with E-state index in [1.807, 2.05) is 24.3 Å². The van der Waals surface area contributed by atoms with E-state index in [1.54, 1.807) is 12.4 Å². The Balaban J connectivity index is 2.15. The third kappa shape index (κ3) is 2.70. The van der Waals surface area contributed by atoms with Crippen LogP contribution in [0.25, 0.3) is 6.08 Å². The van der Waals surface area contributed by atoms with Crippen molar-refractivity contribution < 1.29 is 0 Å². The third-order valence-electron chi connectivity index (χ3n) is 2.20. The van der Waals surface area contributed by atoms with Crippen LogP contribution in [0.1, 0.15) is 12.0 Å². The van der Waals surface area contributed by atoms with Gasteiger partial charge in [-0.1, -0.05) is 42.6 Å². The van der Waals surface area contributed by atoms with E-state index >= 15 is 0 Å². The van der Waals surface area contributed by atoms with Crippen molar-refractivity contribution in [1.29, 1.82) is 0 Å². The van der Waals surface area contributed by atoms with Gasteiger partial charge in [0.15, 0.2) is 0 Å². The zero-order valence-electron chi connectivity index (χ0n) is 8.26. The van der Waals surface area contributed by atoms with Gasteiger partial charge in [0.1, 0.15) is 0 Å². The fraction of sp³-hybridized carbons (Fsp3) is 0.0769. The molecule has 15 heavy (non-hydrogen) atoms. The summed E-state index contributed by atoms with van der Waals surface area (Å²) < 4.78 is 0. The number of hydrogen-bond acceptors (Lipinski definition) is 2. The van der Waals surface area contributed by atoms with E-state index in [0.29, 0.717) is 0 Å². The monoisotopic (exact) mass is 213 g/mol. The summed E-state index contributed by atoms with van der Waals surface area (Å²) in [6, 6.07) is 3.94. The molecule has 74 valence electrons. The lowest BCUT2D eigenvalue weighted by molar-refractivity contribution is 1.32. The fourth-order valence-corrected chi connectivity index (χ4v) is 1.60. The molecule has 0 aliphatic heterocycles. The summed E-state index contributed by atoms with van der Waals surface area (Å²) >= 11 is 5.26. The molecule has 0 amide bonds. The van der Waals surface area contributed by atoms with Gasteiger partial charge in [-0.15, -0.1) is 0 Å². The van der Waals surface area contributed by atoms with Gasteiger partial charge in [-0.3, -0.25) is 4.98 Å². The Labute approximate surface area is 94.9 Å². The van der Waals surface area contributed by atoms with Gasteiger partial charge in [-0.25, -0.2) is 0 Å². The molecule has 2 rings (SSSR count). The summed E-state index contributed by atoms with van der Waals surface area (Å²) in [5, 5.41) is 0. The molecule has 0 unspecified atom stereocenters. The van der Waals surface area contributed by atoms with E-state index < -0.39 is 0 Å². The topological polar surface area (TPSA) is 12.9 Å². The lowest BCUT2D eigenvalue weighted by Crippen LogP contribution is -1.98. The number of hydrogen-bond donors (Lipinski definition) is 0. The second kappa shape index (κ2) is 4.80. The van der Waals surface area contributed by atoms with Gasteiger partial charge in [0, 0.05) is 23.7 Å².